The van der Waals surface area contributed by atoms with Crippen LogP contribution in [-0.2, 0) is 15.6 Å². The molecular weight excluding hydrogens is 296 g/mol. The number of sulfone groups is 1. The number of imidazole rings is 1. The number of aromatic nitrogens is 2. The minimum atomic E-state index is -3.46. The lowest BCUT2D eigenvalue weighted by Crippen LogP contribution is -2.05. The number of aromatic amines is 1. The molecule has 2 heterocycles. The maximum absolute atomic E-state index is 12.3. The third kappa shape index (κ3) is 2.41. The van der Waals surface area contributed by atoms with Crippen molar-refractivity contribution in [1.29, 1.82) is 0 Å². The molecule has 0 atom stereocenters. The van der Waals surface area contributed by atoms with Crippen LogP contribution in [0.2, 0.25) is 0 Å². The molecule has 104 valence electrons. The number of thiophene rings is 1. The van der Waals surface area contributed by atoms with Gasteiger partial charge in [0.1, 0.15) is 5.75 Å². The van der Waals surface area contributed by atoms with Gasteiger partial charge in [-0.05, 0) is 23.6 Å². The van der Waals surface area contributed by atoms with Crippen molar-refractivity contribution >= 4 is 32.2 Å². The Morgan fingerprint density at radius 2 is 2.20 bits per heavy atom. The summed E-state index contributed by atoms with van der Waals surface area (Å²) in [5.41, 5.74) is 1.25. The second kappa shape index (κ2) is 4.92. The molecule has 20 heavy (non-hydrogen) atoms. The van der Waals surface area contributed by atoms with Gasteiger partial charge in [-0.1, -0.05) is 6.07 Å². The van der Waals surface area contributed by atoms with E-state index < -0.39 is 9.84 Å². The molecular formula is C13H12N2O3S2. The van der Waals surface area contributed by atoms with Gasteiger partial charge >= 0.3 is 0 Å². The van der Waals surface area contributed by atoms with E-state index >= 15 is 0 Å². The minimum Gasteiger partial charge on any atom is -0.497 e. The van der Waals surface area contributed by atoms with E-state index in [-0.39, 0.29) is 10.9 Å². The van der Waals surface area contributed by atoms with Gasteiger partial charge in [-0.3, -0.25) is 0 Å². The Morgan fingerprint density at radius 3 is 2.90 bits per heavy atom. The molecule has 0 aliphatic rings. The van der Waals surface area contributed by atoms with Gasteiger partial charge in [-0.2, -0.15) is 0 Å². The lowest BCUT2D eigenvalue weighted by molar-refractivity contribution is 0.415. The Kier molecular flexibility index (Phi) is 3.23. The first-order chi connectivity index (χ1) is 9.58. The van der Waals surface area contributed by atoms with Gasteiger partial charge in [0.05, 0.1) is 23.9 Å². The number of hydrogen-bond donors (Lipinski definition) is 1. The number of nitrogens with zero attached hydrogens (tertiary/aromatic N) is 1. The molecule has 0 bridgehead atoms. The molecule has 3 aromatic rings. The fraction of sp³-hybridized carbons (Fsp3) is 0.154. The van der Waals surface area contributed by atoms with E-state index in [1.165, 1.54) is 11.3 Å². The molecule has 7 heteroatoms. The van der Waals surface area contributed by atoms with Crippen molar-refractivity contribution in [3.8, 4) is 5.75 Å². The first-order valence-electron chi connectivity index (χ1n) is 5.87. The molecule has 0 unspecified atom stereocenters. The Bertz CT molecular complexity index is 836. The number of fused-ring (bicyclic) bond motifs is 1. The molecule has 0 amide bonds. The maximum Gasteiger partial charge on any atom is 0.226 e. The first-order valence-corrected chi connectivity index (χ1v) is 8.40. The van der Waals surface area contributed by atoms with E-state index in [2.05, 4.69) is 9.97 Å². The van der Waals surface area contributed by atoms with Crippen LogP contribution in [0, 0.1) is 0 Å². The molecule has 0 aliphatic heterocycles. The summed E-state index contributed by atoms with van der Waals surface area (Å²) in [6.45, 7) is 0. The molecule has 3 rings (SSSR count). The molecule has 1 aromatic carbocycles. The Morgan fingerprint density at radius 1 is 1.35 bits per heavy atom. The topological polar surface area (TPSA) is 72.0 Å². The molecule has 1 N–H and O–H groups in total. The predicted molar refractivity (Wildman–Crippen MR) is 77.9 cm³/mol. The lowest BCUT2D eigenvalue weighted by Gasteiger charge is -1.97. The SMILES string of the molecule is COc1ccc2nc(S(=O)(=O)Cc3cccs3)[nH]c2c1. The minimum absolute atomic E-state index is 0.00541. The summed E-state index contributed by atoms with van der Waals surface area (Å²) in [7, 11) is -1.90. The van der Waals surface area contributed by atoms with Gasteiger partial charge in [0.25, 0.3) is 0 Å². The molecule has 5 nitrogen and oxygen atoms in total. The van der Waals surface area contributed by atoms with Gasteiger partial charge in [0.2, 0.25) is 15.0 Å². The zero-order chi connectivity index (χ0) is 14.2. The summed E-state index contributed by atoms with van der Waals surface area (Å²) in [6.07, 6.45) is 0. The van der Waals surface area contributed by atoms with Crippen molar-refractivity contribution in [2.75, 3.05) is 7.11 Å². The number of nitrogens with one attached hydrogen (secondary N) is 1. The second-order valence-electron chi connectivity index (χ2n) is 4.26. The highest BCUT2D eigenvalue weighted by atomic mass is 32.2. The molecule has 2 aromatic heterocycles. The summed E-state index contributed by atoms with van der Waals surface area (Å²) in [4.78, 5) is 7.79. The van der Waals surface area contributed by atoms with Crippen molar-refractivity contribution in [2.24, 2.45) is 0 Å². The average molecular weight is 308 g/mol. The number of hydrogen-bond acceptors (Lipinski definition) is 5. The van der Waals surface area contributed by atoms with E-state index in [4.69, 9.17) is 4.74 Å². The molecule has 0 spiro atoms. The fourth-order valence-electron chi connectivity index (χ4n) is 1.89. The van der Waals surface area contributed by atoms with E-state index in [0.717, 1.165) is 4.88 Å². The highest BCUT2D eigenvalue weighted by Crippen LogP contribution is 2.23. The van der Waals surface area contributed by atoms with E-state index in [1.54, 1.807) is 31.4 Å². The van der Waals surface area contributed by atoms with Crippen LogP contribution in [0.1, 0.15) is 4.88 Å². The molecule has 0 radical (unpaired) electrons. The average Bonchev–Trinajstić information content (AvgIpc) is 3.05. The van der Waals surface area contributed by atoms with Crippen LogP contribution in [0.3, 0.4) is 0 Å². The van der Waals surface area contributed by atoms with Crippen LogP contribution in [0.15, 0.2) is 40.9 Å². The van der Waals surface area contributed by atoms with Gasteiger partial charge in [-0.15, -0.1) is 11.3 Å². The number of methoxy groups -OCH3 is 1. The molecule has 0 saturated carbocycles. The molecule has 0 aliphatic carbocycles. The standard InChI is InChI=1S/C13H12N2O3S2/c1-18-9-4-5-11-12(7-9)15-13(14-11)20(16,17)8-10-3-2-6-19-10/h2-7H,8H2,1H3,(H,14,15). The number of H-pyrrole nitrogens is 1. The zero-order valence-electron chi connectivity index (χ0n) is 10.7. The highest BCUT2D eigenvalue weighted by molar-refractivity contribution is 7.90. The van der Waals surface area contributed by atoms with E-state index in [9.17, 15) is 8.42 Å². The Hall–Kier alpha value is -1.86. The number of benzene rings is 1. The molecule has 0 saturated heterocycles. The largest absolute Gasteiger partial charge is 0.497 e. The van der Waals surface area contributed by atoms with Crippen LogP contribution in [0.25, 0.3) is 11.0 Å². The fourth-order valence-corrected chi connectivity index (χ4v) is 4.23. The first kappa shape index (κ1) is 13.1. The predicted octanol–water partition coefficient (Wildman–Crippen LogP) is 2.61. The number of ether oxygens (including phenoxy) is 1. The van der Waals surface area contributed by atoms with Gasteiger partial charge in [0, 0.05) is 10.9 Å². The Labute approximate surface area is 120 Å². The van der Waals surface area contributed by atoms with Crippen LogP contribution >= 0.6 is 11.3 Å². The highest BCUT2D eigenvalue weighted by Gasteiger charge is 2.20. The third-order valence-corrected chi connectivity index (χ3v) is 5.41. The quantitative estimate of drug-likeness (QED) is 0.804. The summed E-state index contributed by atoms with van der Waals surface area (Å²) in [6, 6.07) is 8.84. The molecule has 0 fully saturated rings. The van der Waals surface area contributed by atoms with Crippen LogP contribution < -0.4 is 4.74 Å². The monoisotopic (exact) mass is 308 g/mol. The normalized spacial score (nSPS) is 11.8. The summed E-state index contributed by atoms with van der Waals surface area (Å²) >= 11 is 1.42. The van der Waals surface area contributed by atoms with Crippen LogP contribution in [0.5, 0.6) is 5.75 Å². The zero-order valence-corrected chi connectivity index (χ0v) is 12.3. The van der Waals surface area contributed by atoms with Crippen molar-refractivity contribution < 1.29 is 13.2 Å². The lowest BCUT2D eigenvalue weighted by atomic mass is 10.3. The van der Waals surface area contributed by atoms with Crippen molar-refractivity contribution in [3.63, 3.8) is 0 Å². The van der Waals surface area contributed by atoms with Gasteiger partial charge in [0.15, 0.2) is 0 Å². The van der Waals surface area contributed by atoms with Crippen molar-refractivity contribution in [2.45, 2.75) is 10.9 Å². The summed E-state index contributed by atoms with van der Waals surface area (Å²) in [5.74, 6) is 0.616. The Balaban J connectivity index is 2.01. The third-order valence-electron chi connectivity index (χ3n) is 2.87. The van der Waals surface area contributed by atoms with Crippen molar-refractivity contribution in [1.82, 2.24) is 9.97 Å². The van der Waals surface area contributed by atoms with Crippen molar-refractivity contribution in [3.05, 3.63) is 40.6 Å². The van der Waals surface area contributed by atoms with Crippen LogP contribution in [-0.4, -0.2) is 25.5 Å². The van der Waals surface area contributed by atoms with E-state index in [0.29, 0.717) is 16.8 Å². The van der Waals surface area contributed by atoms with Gasteiger partial charge < -0.3 is 9.72 Å². The van der Waals surface area contributed by atoms with Crippen LogP contribution in [0.4, 0.5) is 0 Å². The second-order valence-corrected chi connectivity index (χ2v) is 7.20. The maximum atomic E-state index is 12.3. The number of rotatable bonds is 4. The smallest absolute Gasteiger partial charge is 0.226 e. The van der Waals surface area contributed by atoms with Gasteiger partial charge in [-0.25, -0.2) is 13.4 Å². The summed E-state index contributed by atoms with van der Waals surface area (Å²) in [5, 5.41) is 1.85. The summed E-state index contributed by atoms with van der Waals surface area (Å²) < 4.78 is 29.7. The van der Waals surface area contributed by atoms with E-state index in [1.807, 2.05) is 11.4 Å².